The second-order valence-electron chi connectivity index (χ2n) is 3.47. The first kappa shape index (κ1) is 7.03. The van der Waals surface area contributed by atoms with Gasteiger partial charge >= 0.3 is 0 Å². The van der Waals surface area contributed by atoms with Crippen molar-refractivity contribution in [2.45, 2.75) is 32.2 Å². The van der Waals surface area contributed by atoms with Gasteiger partial charge in [-0.15, -0.1) is 0 Å². The zero-order valence-corrected chi connectivity index (χ0v) is 5.93. The lowest BCUT2D eigenvalue weighted by atomic mass is 9.90. The molecule has 2 unspecified atom stereocenters. The van der Waals surface area contributed by atoms with E-state index < -0.39 is 0 Å². The summed E-state index contributed by atoms with van der Waals surface area (Å²) in [7, 11) is 0. The Morgan fingerprint density at radius 2 is 2.44 bits per heavy atom. The highest BCUT2D eigenvalue weighted by atomic mass is 16.3. The number of rotatable bonds is 1. The molecular formula is C7H15NO. The SMILES string of the molecule is CC1(CO)CCC(N)C1. The number of nitrogens with two attached hydrogens (primary N) is 1. The fourth-order valence-corrected chi connectivity index (χ4v) is 1.51. The van der Waals surface area contributed by atoms with Crippen molar-refractivity contribution < 1.29 is 5.11 Å². The Balaban J connectivity index is 2.45. The van der Waals surface area contributed by atoms with Crippen molar-refractivity contribution in [1.82, 2.24) is 0 Å². The lowest BCUT2D eigenvalue weighted by Crippen LogP contribution is -2.21. The average molecular weight is 129 g/mol. The van der Waals surface area contributed by atoms with Gasteiger partial charge < -0.3 is 10.8 Å². The van der Waals surface area contributed by atoms with Gasteiger partial charge in [-0.1, -0.05) is 6.92 Å². The van der Waals surface area contributed by atoms with Crippen LogP contribution < -0.4 is 5.73 Å². The zero-order valence-electron chi connectivity index (χ0n) is 5.93. The Morgan fingerprint density at radius 3 is 2.67 bits per heavy atom. The van der Waals surface area contributed by atoms with E-state index in [1.54, 1.807) is 0 Å². The van der Waals surface area contributed by atoms with Gasteiger partial charge in [0.05, 0.1) is 0 Å². The molecule has 0 saturated heterocycles. The number of aliphatic hydroxyl groups is 1. The Hall–Kier alpha value is -0.0800. The highest BCUT2D eigenvalue weighted by Gasteiger charge is 2.32. The van der Waals surface area contributed by atoms with Crippen molar-refractivity contribution in [1.29, 1.82) is 0 Å². The minimum atomic E-state index is 0.138. The summed E-state index contributed by atoms with van der Waals surface area (Å²) in [5, 5.41) is 8.89. The van der Waals surface area contributed by atoms with Crippen molar-refractivity contribution in [3.05, 3.63) is 0 Å². The molecule has 1 saturated carbocycles. The summed E-state index contributed by atoms with van der Waals surface area (Å²) < 4.78 is 0. The summed E-state index contributed by atoms with van der Waals surface area (Å²) in [5.74, 6) is 0. The molecule has 54 valence electrons. The van der Waals surface area contributed by atoms with E-state index in [9.17, 15) is 0 Å². The van der Waals surface area contributed by atoms with Crippen LogP contribution in [0.5, 0.6) is 0 Å². The van der Waals surface area contributed by atoms with E-state index in [4.69, 9.17) is 10.8 Å². The van der Waals surface area contributed by atoms with Gasteiger partial charge in [0.1, 0.15) is 0 Å². The molecule has 2 atom stereocenters. The molecule has 2 nitrogen and oxygen atoms in total. The van der Waals surface area contributed by atoms with Crippen LogP contribution in [0.4, 0.5) is 0 Å². The molecule has 0 spiro atoms. The smallest absolute Gasteiger partial charge is 0.0485 e. The molecule has 0 amide bonds. The van der Waals surface area contributed by atoms with Crippen LogP contribution in [0.3, 0.4) is 0 Å². The molecule has 0 aliphatic heterocycles. The maximum absolute atomic E-state index is 8.89. The average Bonchev–Trinajstić information content (AvgIpc) is 2.13. The van der Waals surface area contributed by atoms with E-state index in [0.29, 0.717) is 12.6 Å². The molecule has 1 aliphatic rings. The quantitative estimate of drug-likeness (QED) is 0.541. The van der Waals surface area contributed by atoms with E-state index >= 15 is 0 Å². The highest BCUT2D eigenvalue weighted by Crippen LogP contribution is 2.35. The van der Waals surface area contributed by atoms with Crippen LogP contribution in [0.2, 0.25) is 0 Å². The minimum absolute atomic E-state index is 0.138. The van der Waals surface area contributed by atoms with Crippen LogP contribution in [0, 0.1) is 5.41 Å². The van der Waals surface area contributed by atoms with Gasteiger partial charge in [-0.2, -0.15) is 0 Å². The molecule has 0 aromatic heterocycles. The van der Waals surface area contributed by atoms with Gasteiger partial charge in [0.15, 0.2) is 0 Å². The van der Waals surface area contributed by atoms with Crippen molar-refractivity contribution in [2.75, 3.05) is 6.61 Å². The Morgan fingerprint density at radius 1 is 1.78 bits per heavy atom. The number of aliphatic hydroxyl groups excluding tert-OH is 1. The van der Waals surface area contributed by atoms with Crippen LogP contribution in [0.1, 0.15) is 26.2 Å². The molecule has 0 bridgehead atoms. The van der Waals surface area contributed by atoms with Gasteiger partial charge in [0, 0.05) is 12.6 Å². The van der Waals surface area contributed by atoms with E-state index in [1.165, 1.54) is 0 Å². The van der Waals surface area contributed by atoms with Crippen LogP contribution in [0.25, 0.3) is 0 Å². The normalized spacial score (nSPS) is 43.7. The molecule has 0 aromatic carbocycles. The maximum atomic E-state index is 8.89. The van der Waals surface area contributed by atoms with E-state index in [2.05, 4.69) is 6.92 Å². The predicted molar refractivity (Wildman–Crippen MR) is 37.0 cm³/mol. The van der Waals surface area contributed by atoms with Gasteiger partial charge in [0.25, 0.3) is 0 Å². The third-order valence-corrected chi connectivity index (χ3v) is 2.26. The molecule has 1 fully saturated rings. The second kappa shape index (κ2) is 2.27. The van der Waals surface area contributed by atoms with Crippen molar-refractivity contribution in [2.24, 2.45) is 11.1 Å². The molecule has 0 heterocycles. The first-order valence-corrected chi connectivity index (χ1v) is 3.53. The molecule has 3 N–H and O–H groups in total. The predicted octanol–water partition coefficient (Wildman–Crippen LogP) is 0.496. The molecule has 0 aromatic rings. The van der Waals surface area contributed by atoms with E-state index in [-0.39, 0.29) is 5.41 Å². The molecule has 0 radical (unpaired) electrons. The lowest BCUT2D eigenvalue weighted by Gasteiger charge is -2.19. The molecule has 1 rings (SSSR count). The first-order chi connectivity index (χ1) is 4.16. The van der Waals surface area contributed by atoms with Crippen LogP contribution >= 0.6 is 0 Å². The Labute approximate surface area is 56.1 Å². The lowest BCUT2D eigenvalue weighted by molar-refractivity contribution is 0.147. The molecular weight excluding hydrogens is 114 g/mol. The van der Waals surface area contributed by atoms with Crippen molar-refractivity contribution >= 4 is 0 Å². The number of hydrogen-bond donors (Lipinski definition) is 2. The van der Waals surface area contributed by atoms with E-state index in [1.807, 2.05) is 0 Å². The summed E-state index contributed by atoms with van der Waals surface area (Å²) in [6, 6.07) is 0.335. The molecule has 2 heteroatoms. The maximum Gasteiger partial charge on any atom is 0.0485 e. The standard InChI is InChI=1S/C7H15NO/c1-7(5-9)3-2-6(8)4-7/h6,9H,2-5,8H2,1H3. The van der Waals surface area contributed by atoms with Crippen LogP contribution in [-0.2, 0) is 0 Å². The Bertz CT molecular complexity index is 105. The van der Waals surface area contributed by atoms with Gasteiger partial charge in [-0.25, -0.2) is 0 Å². The highest BCUT2D eigenvalue weighted by molar-refractivity contribution is 4.86. The van der Waals surface area contributed by atoms with Crippen LogP contribution in [-0.4, -0.2) is 17.8 Å². The summed E-state index contributed by atoms with van der Waals surface area (Å²) >= 11 is 0. The Kier molecular flexibility index (Phi) is 1.78. The summed E-state index contributed by atoms with van der Waals surface area (Å²) in [5.41, 5.74) is 5.81. The van der Waals surface area contributed by atoms with E-state index in [0.717, 1.165) is 19.3 Å². The largest absolute Gasteiger partial charge is 0.396 e. The van der Waals surface area contributed by atoms with Crippen LogP contribution in [0.15, 0.2) is 0 Å². The molecule has 9 heavy (non-hydrogen) atoms. The van der Waals surface area contributed by atoms with Crippen molar-refractivity contribution in [3.8, 4) is 0 Å². The monoisotopic (exact) mass is 129 g/mol. The summed E-state index contributed by atoms with van der Waals surface area (Å²) in [6.45, 7) is 2.39. The fourth-order valence-electron chi connectivity index (χ4n) is 1.51. The zero-order chi connectivity index (χ0) is 6.91. The van der Waals surface area contributed by atoms with Gasteiger partial charge in [-0.3, -0.25) is 0 Å². The topological polar surface area (TPSA) is 46.2 Å². The second-order valence-corrected chi connectivity index (χ2v) is 3.47. The summed E-state index contributed by atoms with van der Waals surface area (Å²) in [4.78, 5) is 0. The van der Waals surface area contributed by atoms with Gasteiger partial charge in [0.2, 0.25) is 0 Å². The fraction of sp³-hybridized carbons (Fsp3) is 1.00. The first-order valence-electron chi connectivity index (χ1n) is 3.53. The van der Waals surface area contributed by atoms with Gasteiger partial charge in [-0.05, 0) is 24.7 Å². The summed E-state index contributed by atoms with van der Waals surface area (Å²) in [6.07, 6.45) is 3.16. The minimum Gasteiger partial charge on any atom is -0.396 e. The third kappa shape index (κ3) is 1.43. The van der Waals surface area contributed by atoms with Crippen molar-refractivity contribution in [3.63, 3.8) is 0 Å². The molecule has 1 aliphatic carbocycles. The third-order valence-electron chi connectivity index (χ3n) is 2.26. The number of hydrogen-bond acceptors (Lipinski definition) is 2.